The van der Waals surface area contributed by atoms with Crippen molar-refractivity contribution in [3.8, 4) is 0 Å². The minimum absolute atomic E-state index is 0.228. The zero-order valence-corrected chi connectivity index (χ0v) is 13.7. The van der Waals surface area contributed by atoms with Gasteiger partial charge >= 0.3 is 0 Å². The van der Waals surface area contributed by atoms with E-state index in [0.717, 1.165) is 58.8 Å². The lowest BCUT2D eigenvalue weighted by atomic mass is 9.78. The van der Waals surface area contributed by atoms with Crippen molar-refractivity contribution in [3.05, 3.63) is 0 Å². The van der Waals surface area contributed by atoms with Gasteiger partial charge in [0.15, 0.2) is 0 Å². The fourth-order valence-corrected chi connectivity index (χ4v) is 2.68. The van der Waals surface area contributed by atoms with Crippen LogP contribution in [0.1, 0.15) is 40.0 Å². The maximum atomic E-state index is 5.80. The third-order valence-electron chi connectivity index (χ3n) is 4.37. The van der Waals surface area contributed by atoms with E-state index in [-0.39, 0.29) is 5.41 Å². The van der Waals surface area contributed by atoms with Gasteiger partial charge in [-0.25, -0.2) is 0 Å². The van der Waals surface area contributed by atoms with Crippen molar-refractivity contribution in [2.45, 2.75) is 46.1 Å². The van der Waals surface area contributed by atoms with Crippen molar-refractivity contribution in [3.63, 3.8) is 0 Å². The van der Waals surface area contributed by atoms with Crippen molar-refractivity contribution in [1.82, 2.24) is 5.32 Å². The van der Waals surface area contributed by atoms with Gasteiger partial charge in [-0.05, 0) is 32.1 Å². The lowest BCUT2D eigenvalue weighted by molar-refractivity contribution is 0.0306. The molecule has 2 unspecified atom stereocenters. The Balaban J connectivity index is 2.28. The van der Waals surface area contributed by atoms with Crippen molar-refractivity contribution in [2.75, 3.05) is 46.6 Å². The van der Waals surface area contributed by atoms with E-state index in [2.05, 4.69) is 26.1 Å². The standard InChI is InChI=1S/C16H33NO3/c1-14(2)5-9-19-10-6-16(7-11-20-15(16)3)13-17-8-12-18-4/h14-15,17H,5-13H2,1-4H3. The molecular weight excluding hydrogens is 254 g/mol. The molecule has 120 valence electrons. The Morgan fingerprint density at radius 2 is 2.10 bits per heavy atom. The van der Waals surface area contributed by atoms with Crippen LogP contribution in [-0.4, -0.2) is 52.7 Å². The fraction of sp³-hybridized carbons (Fsp3) is 1.00. The number of hydrogen-bond acceptors (Lipinski definition) is 4. The van der Waals surface area contributed by atoms with E-state index < -0.39 is 0 Å². The highest BCUT2D eigenvalue weighted by Gasteiger charge is 2.40. The predicted octanol–water partition coefficient (Wildman–Crippen LogP) is 2.47. The number of hydrogen-bond donors (Lipinski definition) is 1. The van der Waals surface area contributed by atoms with Crippen LogP contribution in [0.3, 0.4) is 0 Å². The molecule has 1 rings (SSSR count). The lowest BCUT2D eigenvalue weighted by Crippen LogP contribution is -2.41. The van der Waals surface area contributed by atoms with Crippen LogP contribution in [0.4, 0.5) is 0 Å². The van der Waals surface area contributed by atoms with Crippen molar-refractivity contribution in [2.24, 2.45) is 11.3 Å². The SMILES string of the molecule is COCCNCC1(CCOCCC(C)C)CCOC1C. The average Bonchev–Trinajstić information content (AvgIpc) is 2.76. The van der Waals surface area contributed by atoms with Gasteiger partial charge < -0.3 is 19.5 Å². The first-order valence-electron chi connectivity index (χ1n) is 8.00. The molecule has 2 atom stereocenters. The van der Waals surface area contributed by atoms with Crippen LogP contribution in [0.5, 0.6) is 0 Å². The van der Waals surface area contributed by atoms with Gasteiger partial charge in [-0.3, -0.25) is 0 Å². The summed E-state index contributed by atoms with van der Waals surface area (Å²) in [6.07, 6.45) is 3.66. The highest BCUT2D eigenvalue weighted by atomic mass is 16.5. The largest absolute Gasteiger partial charge is 0.383 e. The van der Waals surface area contributed by atoms with Gasteiger partial charge in [-0.15, -0.1) is 0 Å². The molecule has 20 heavy (non-hydrogen) atoms. The van der Waals surface area contributed by atoms with Gasteiger partial charge in [-0.2, -0.15) is 0 Å². The summed E-state index contributed by atoms with van der Waals surface area (Å²) in [7, 11) is 1.74. The van der Waals surface area contributed by atoms with Crippen molar-refractivity contribution in [1.29, 1.82) is 0 Å². The second kappa shape index (κ2) is 9.72. The molecule has 0 spiro atoms. The molecule has 0 aromatic carbocycles. The Morgan fingerprint density at radius 3 is 2.70 bits per heavy atom. The second-order valence-electron chi connectivity index (χ2n) is 6.34. The van der Waals surface area contributed by atoms with Gasteiger partial charge in [0.1, 0.15) is 0 Å². The van der Waals surface area contributed by atoms with Gasteiger partial charge in [0, 0.05) is 45.4 Å². The summed E-state index contributed by atoms with van der Waals surface area (Å²) in [4.78, 5) is 0. The molecule has 4 heteroatoms. The topological polar surface area (TPSA) is 39.7 Å². The summed E-state index contributed by atoms with van der Waals surface area (Å²) in [6.45, 7) is 11.9. The minimum atomic E-state index is 0.228. The van der Waals surface area contributed by atoms with Gasteiger partial charge in [0.25, 0.3) is 0 Å². The van der Waals surface area contributed by atoms with E-state index in [1.54, 1.807) is 7.11 Å². The Kier molecular flexibility index (Phi) is 8.69. The van der Waals surface area contributed by atoms with E-state index in [1.165, 1.54) is 0 Å². The third kappa shape index (κ3) is 6.08. The van der Waals surface area contributed by atoms with Crippen LogP contribution in [0.2, 0.25) is 0 Å². The molecule has 4 nitrogen and oxygen atoms in total. The van der Waals surface area contributed by atoms with Crippen LogP contribution in [0.25, 0.3) is 0 Å². The third-order valence-corrected chi connectivity index (χ3v) is 4.37. The molecule has 1 aliphatic heterocycles. The summed E-state index contributed by atoms with van der Waals surface area (Å²) in [5, 5.41) is 3.50. The summed E-state index contributed by atoms with van der Waals surface area (Å²) in [5.41, 5.74) is 0.228. The van der Waals surface area contributed by atoms with Crippen molar-refractivity contribution >= 4 is 0 Å². The van der Waals surface area contributed by atoms with Gasteiger partial charge in [0.05, 0.1) is 12.7 Å². The first kappa shape index (κ1) is 17.9. The maximum Gasteiger partial charge on any atom is 0.0617 e. The Morgan fingerprint density at radius 1 is 1.30 bits per heavy atom. The normalized spacial score (nSPS) is 26.6. The molecule has 1 N–H and O–H groups in total. The van der Waals surface area contributed by atoms with Gasteiger partial charge in [0.2, 0.25) is 0 Å². The molecule has 0 bridgehead atoms. The van der Waals surface area contributed by atoms with Crippen molar-refractivity contribution < 1.29 is 14.2 Å². The molecule has 1 saturated heterocycles. The Labute approximate surface area is 124 Å². The molecule has 1 heterocycles. The van der Waals surface area contributed by atoms with E-state index >= 15 is 0 Å². The van der Waals surface area contributed by atoms with Gasteiger partial charge in [-0.1, -0.05) is 13.8 Å². The quantitative estimate of drug-likeness (QED) is 0.593. The first-order chi connectivity index (χ1) is 9.60. The summed E-state index contributed by atoms with van der Waals surface area (Å²) < 4.78 is 16.7. The molecule has 0 amide bonds. The molecular formula is C16H33NO3. The molecule has 0 aromatic rings. The maximum absolute atomic E-state index is 5.80. The van der Waals surface area contributed by atoms with Crippen LogP contribution in [0, 0.1) is 11.3 Å². The predicted molar refractivity (Wildman–Crippen MR) is 82.1 cm³/mol. The molecule has 0 aliphatic carbocycles. The average molecular weight is 287 g/mol. The fourth-order valence-electron chi connectivity index (χ4n) is 2.68. The first-order valence-corrected chi connectivity index (χ1v) is 8.00. The summed E-state index contributed by atoms with van der Waals surface area (Å²) in [6, 6.07) is 0. The highest BCUT2D eigenvalue weighted by Crippen LogP contribution is 2.37. The minimum Gasteiger partial charge on any atom is -0.383 e. The molecule has 0 radical (unpaired) electrons. The zero-order valence-electron chi connectivity index (χ0n) is 13.7. The summed E-state index contributed by atoms with van der Waals surface area (Å²) in [5.74, 6) is 0.716. The van der Waals surface area contributed by atoms with Crippen LogP contribution >= 0.6 is 0 Å². The highest BCUT2D eigenvalue weighted by molar-refractivity contribution is 4.91. The number of nitrogens with one attached hydrogen (secondary N) is 1. The second-order valence-corrected chi connectivity index (χ2v) is 6.34. The molecule has 1 aliphatic rings. The molecule has 1 fully saturated rings. The Hall–Kier alpha value is -0.160. The van der Waals surface area contributed by atoms with E-state index in [1.807, 2.05) is 0 Å². The molecule has 0 aromatic heterocycles. The number of methoxy groups -OCH3 is 1. The van der Waals surface area contributed by atoms with Crippen LogP contribution < -0.4 is 5.32 Å². The Bertz CT molecular complexity index is 248. The monoisotopic (exact) mass is 287 g/mol. The van der Waals surface area contributed by atoms with Crippen LogP contribution in [-0.2, 0) is 14.2 Å². The van der Waals surface area contributed by atoms with E-state index in [4.69, 9.17) is 14.2 Å². The molecule has 0 saturated carbocycles. The number of rotatable bonds is 11. The van der Waals surface area contributed by atoms with E-state index in [9.17, 15) is 0 Å². The smallest absolute Gasteiger partial charge is 0.0617 e. The lowest BCUT2D eigenvalue weighted by Gasteiger charge is -2.32. The van der Waals surface area contributed by atoms with E-state index in [0.29, 0.717) is 12.0 Å². The van der Waals surface area contributed by atoms with Crippen LogP contribution in [0.15, 0.2) is 0 Å². The zero-order chi connectivity index (χ0) is 14.8. The number of ether oxygens (including phenoxy) is 3. The summed E-state index contributed by atoms with van der Waals surface area (Å²) >= 11 is 0.